The van der Waals surface area contributed by atoms with Gasteiger partial charge in [-0.2, -0.15) is 0 Å². The second-order valence-corrected chi connectivity index (χ2v) is 6.30. The topological polar surface area (TPSA) is 15.3 Å². The molecular weight excluding hydrogens is 244 g/mol. The minimum absolute atomic E-state index is 0.391. The standard InChI is InChI=1S/C18H30N2/c1-5-18(6-2,13-19-7-3)14-20-15(4)12-16-10-8-9-11-17(16)20/h8-11,15,19H,5-7,12-14H2,1-4H3. The summed E-state index contributed by atoms with van der Waals surface area (Å²) in [6.45, 7) is 12.6. The third kappa shape index (κ3) is 3.01. The van der Waals surface area contributed by atoms with Gasteiger partial charge in [-0.25, -0.2) is 0 Å². The first-order chi connectivity index (χ1) is 9.65. The first kappa shape index (κ1) is 15.4. The lowest BCUT2D eigenvalue weighted by Crippen LogP contribution is -2.45. The van der Waals surface area contributed by atoms with Gasteiger partial charge in [0.05, 0.1) is 0 Å². The molecule has 2 heteroatoms. The van der Waals surface area contributed by atoms with Crippen LogP contribution >= 0.6 is 0 Å². The molecule has 1 N–H and O–H groups in total. The van der Waals surface area contributed by atoms with Gasteiger partial charge in [-0.1, -0.05) is 39.0 Å². The predicted octanol–water partition coefficient (Wildman–Crippen LogP) is 3.85. The van der Waals surface area contributed by atoms with Crippen molar-refractivity contribution in [2.24, 2.45) is 5.41 Å². The Morgan fingerprint density at radius 1 is 1.20 bits per heavy atom. The highest BCUT2D eigenvalue weighted by Crippen LogP contribution is 2.36. The molecule has 1 aliphatic rings. The first-order valence-electron chi connectivity index (χ1n) is 8.21. The average molecular weight is 274 g/mol. The van der Waals surface area contributed by atoms with Gasteiger partial charge in [0.1, 0.15) is 0 Å². The van der Waals surface area contributed by atoms with Gasteiger partial charge in [-0.05, 0) is 49.8 Å². The van der Waals surface area contributed by atoms with Crippen molar-refractivity contribution < 1.29 is 0 Å². The lowest BCUT2D eigenvalue weighted by molar-refractivity contribution is 0.251. The van der Waals surface area contributed by atoms with E-state index in [1.54, 1.807) is 0 Å². The van der Waals surface area contributed by atoms with Crippen LogP contribution in [0.3, 0.4) is 0 Å². The van der Waals surface area contributed by atoms with E-state index >= 15 is 0 Å². The molecule has 0 aromatic heterocycles. The number of hydrogen-bond acceptors (Lipinski definition) is 2. The summed E-state index contributed by atoms with van der Waals surface area (Å²) >= 11 is 0. The molecule has 0 radical (unpaired) electrons. The molecule has 0 saturated heterocycles. The molecule has 1 atom stereocenters. The van der Waals surface area contributed by atoms with Gasteiger partial charge in [0, 0.05) is 24.8 Å². The van der Waals surface area contributed by atoms with E-state index in [0.717, 1.165) is 13.1 Å². The van der Waals surface area contributed by atoms with E-state index in [2.05, 4.69) is 62.2 Å². The maximum atomic E-state index is 3.58. The molecule has 0 bridgehead atoms. The van der Waals surface area contributed by atoms with E-state index in [9.17, 15) is 0 Å². The molecule has 20 heavy (non-hydrogen) atoms. The fraction of sp³-hybridized carbons (Fsp3) is 0.667. The summed E-state index contributed by atoms with van der Waals surface area (Å²) in [6, 6.07) is 9.55. The molecule has 1 aromatic rings. The van der Waals surface area contributed by atoms with Gasteiger partial charge >= 0.3 is 0 Å². The zero-order chi connectivity index (χ0) is 14.6. The van der Waals surface area contributed by atoms with Crippen LogP contribution in [0, 0.1) is 5.41 Å². The largest absolute Gasteiger partial charge is 0.368 e. The van der Waals surface area contributed by atoms with Crippen molar-refractivity contribution in [1.82, 2.24) is 5.32 Å². The zero-order valence-electron chi connectivity index (χ0n) is 13.6. The van der Waals surface area contributed by atoms with E-state index < -0.39 is 0 Å². The number of nitrogens with zero attached hydrogens (tertiary/aromatic N) is 1. The zero-order valence-corrected chi connectivity index (χ0v) is 13.6. The molecule has 0 spiro atoms. The Kier molecular flexibility index (Phi) is 5.09. The van der Waals surface area contributed by atoms with Gasteiger partial charge in [0.2, 0.25) is 0 Å². The lowest BCUT2D eigenvalue weighted by Gasteiger charge is -2.39. The maximum absolute atomic E-state index is 3.58. The fourth-order valence-electron chi connectivity index (χ4n) is 3.40. The second-order valence-electron chi connectivity index (χ2n) is 6.30. The monoisotopic (exact) mass is 274 g/mol. The Morgan fingerprint density at radius 3 is 2.55 bits per heavy atom. The molecule has 1 aromatic carbocycles. The van der Waals surface area contributed by atoms with Crippen molar-refractivity contribution in [1.29, 1.82) is 0 Å². The molecule has 0 amide bonds. The summed E-state index contributed by atoms with van der Waals surface area (Å²) in [5.74, 6) is 0. The summed E-state index contributed by atoms with van der Waals surface area (Å²) in [7, 11) is 0. The van der Waals surface area contributed by atoms with Gasteiger partial charge < -0.3 is 10.2 Å². The molecule has 1 unspecified atom stereocenters. The Morgan fingerprint density at radius 2 is 1.90 bits per heavy atom. The van der Waals surface area contributed by atoms with E-state index in [1.165, 1.54) is 37.1 Å². The fourth-order valence-corrected chi connectivity index (χ4v) is 3.40. The second kappa shape index (κ2) is 6.62. The minimum atomic E-state index is 0.391. The Hall–Kier alpha value is -1.02. The van der Waals surface area contributed by atoms with Gasteiger partial charge in [0.25, 0.3) is 0 Å². The van der Waals surface area contributed by atoms with Crippen molar-refractivity contribution in [2.75, 3.05) is 24.5 Å². The summed E-state index contributed by atoms with van der Waals surface area (Å²) in [5, 5.41) is 3.58. The van der Waals surface area contributed by atoms with Crippen molar-refractivity contribution >= 4 is 5.69 Å². The van der Waals surface area contributed by atoms with Crippen LogP contribution in [-0.4, -0.2) is 25.7 Å². The van der Waals surface area contributed by atoms with Crippen molar-refractivity contribution in [3.8, 4) is 0 Å². The minimum Gasteiger partial charge on any atom is -0.368 e. The van der Waals surface area contributed by atoms with Crippen molar-refractivity contribution in [3.05, 3.63) is 29.8 Å². The van der Waals surface area contributed by atoms with E-state index in [-0.39, 0.29) is 0 Å². The molecule has 1 heterocycles. The molecule has 0 saturated carbocycles. The smallest absolute Gasteiger partial charge is 0.0402 e. The average Bonchev–Trinajstić information content (AvgIpc) is 2.79. The Labute approximate surface area is 124 Å². The van der Waals surface area contributed by atoms with Crippen LogP contribution in [0.15, 0.2) is 24.3 Å². The predicted molar refractivity (Wildman–Crippen MR) is 88.5 cm³/mol. The number of fused-ring (bicyclic) bond motifs is 1. The molecule has 1 aliphatic heterocycles. The molecule has 0 aliphatic carbocycles. The summed E-state index contributed by atoms with van der Waals surface area (Å²) in [4.78, 5) is 2.64. The number of rotatable bonds is 7. The first-order valence-corrected chi connectivity index (χ1v) is 8.21. The van der Waals surface area contributed by atoms with E-state index in [4.69, 9.17) is 0 Å². The number of nitrogens with one attached hydrogen (secondary N) is 1. The molecule has 2 rings (SSSR count). The van der Waals surface area contributed by atoms with Crippen LogP contribution < -0.4 is 10.2 Å². The normalized spacial score (nSPS) is 18.4. The molecular formula is C18H30N2. The van der Waals surface area contributed by atoms with Crippen molar-refractivity contribution in [3.63, 3.8) is 0 Å². The number of benzene rings is 1. The third-order valence-corrected chi connectivity index (χ3v) is 5.10. The Bertz CT molecular complexity index is 423. The molecule has 112 valence electrons. The van der Waals surface area contributed by atoms with Gasteiger partial charge in [-0.3, -0.25) is 0 Å². The molecule has 0 fully saturated rings. The van der Waals surface area contributed by atoms with Gasteiger partial charge in [-0.15, -0.1) is 0 Å². The molecule has 2 nitrogen and oxygen atoms in total. The van der Waals surface area contributed by atoms with Crippen LogP contribution in [0.4, 0.5) is 5.69 Å². The lowest BCUT2D eigenvalue weighted by atomic mass is 9.81. The summed E-state index contributed by atoms with van der Waals surface area (Å²) < 4.78 is 0. The quantitative estimate of drug-likeness (QED) is 0.812. The number of para-hydroxylation sites is 1. The van der Waals surface area contributed by atoms with Crippen LogP contribution in [0.25, 0.3) is 0 Å². The number of hydrogen-bond donors (Lipinski definition) is 1. The van der Waals surface area contributed by atoms with Crippen molar-refractivity contribution in [2.45, 2.75) is 53.0 Å². The summed E-state index contributed by atoms with van der Waals surface area (Å²) in [6.07, 6.45) is 3.67. The van der Waals surface area contributed by atoms with Crippen LogP contribution in [0.2, 0.25) is 0 Å². The van der Waals surface area contributed by atoms with Crippen LogP contribution in [-0.2, 0) is 6.42 Å². The van der Waals surface area contributed by atoms with Gasteiger partial charge in [0.15, 0.2) is 0 Å². The van der Waals surface area contributed by atoms with E-state index in [0.29, 0.717) is 11.5 Å². The third-order valence-electron chi connectivity index (χ3n) is 5.10. The highest BCUT2D eigenvalue weighted by molar-refractivity contribution is 5.59. The SMILES string of the molecule is CCNCC(CC)(CC)CN1c2ccccc2CC1C. The number of anilines is 1. The summed E-state index contributed by atoms with van der Waals surface area (Å²) in [5.41, 5.74) is 3.37. The van der Waals surface area contributed by atoms with E-state index in [1.807, 2.05) is 0 Å². The maximum Gasteiger partial charge on any atom is 0.0402 e. The van der Waals surface area contributed by atoms with Crippen LogP contribution in [0.1, 0.15) is 46.1 Å². The highest BCUT2D eigenvalue weighted by Gasteiger charge is 2.34. The highest BCUT2D eigenvalue weighted by atomic mass is 15.2. The Balaban J connectivity index is 2.18. The van der Waals surface area contributed by atoms with Crippen LogP contribution in [0.5, 0.6) is 0 Å².